The summed E-state index contributed by atoms with van der Waals surface area (Å²) in [5, 5.41) is 3.28. The number of halogens is 2. The molecule has 0 radical (unpaired) electrons. The van der Waals surface area contributed by atoms with Gasteiger partial charge < -0.3 is 14.0 Å². The van der Waals surface area contributed by atoms with Gasteiger partial charge in [-0.3, -0.25) is 0 Å². The second-order valence-corrected chi connectivity index (χ2v) is 9.67. The quantitative estimate of drug-likeness (QED) is 0.254. The van der Waals surface area contributed by atoms with E-state index in [0.717, 1.165) is 23.6 Å². The van der Waals surface area contributed by atoms with Crippen LogP contribution in [0.1, 0.15) is 12.0 Å². The van der Waals surface area contributed by atoms with E-state index < -0.39 is 5.79 Å². The summed E-state index contributed by atoms with van der Waals surface area (Å²) in [5.74, 6) is 0.194. The van der Waals surface area contributed by atoms with Gasteiger partial charge in [0.2, 0.25) is 0 Å². The average Bonchev–Trinajstić information content (AvgIpc) is 3.48. The minimum atomic E-state index is -0.658. The fourth-order valence-corrected chi connectivity index (χ4v) is 5.13. The summed E-state index contributed by atoms with van der Waals surface area (Å²) in [6.07, 6.45) is 7.22. The van der Waals surface area contributed by atoms with Crippen LogP contribution in [0.3, 0.4) is 0 Å². The van der Waals surface area contributed by atoms with Crippen LogP contribution in [0.15, 0.2) is 90.3 Å². The number of benzene rings is 3. The van der Waals surface area contributed by atoms with Crippen molar-refractivity contribution in [3.8, 4) is 0 Å². The maximum absolute atomic E-state index is 6.56. The van der Waals surface area contributed by atoms with Gasteiger partial charge in [-0.2, -0.15) is 0 Å². The Morgan fingerprint density at radius 3 is 2.67 bits per heavy atom. The topological polar surface area (TPSA) is 36.3 Å². The lowest BCUT2D eigenvalue weighted by atomic mass is 10.0. The van der Waals surface area contributed by atoms with E-state index in [4.69, 9.17) is 21.1 Å². The predicted octanol–water partition coefficient (Wildman–Crippen LogP) is 6.65. The van der Waals surface area contributed by atoms with Gasteiger partial charge in [-0.15, -0.1) is 24.2 Å². The molecule has 1 saturated heterocycles. The number of thioether (sulfide) groups is 1. The van der Waals surface area contributed by atoms with Crippen LogP contribution in [0.5, 0.6) is 0 Å². The zero-order valence-corrected chi connectivity index (χ0v) is 20.5. The summed E-state index contributed by atoms with van der Waals surface area (Å²) < 4.78 is 14.9. The first-order valence-corrected chi connectivity index (χ1v) is 12.2. The molecule has 1 aliphatic rings. The van der Waals surface area contributed by atoms with Gasteiger partial charge in [0.05, 0.1) is 25.6 Å². The lowest BCUT2D eigenvalue weighted by Gasteiger charge is -2.28. The summed E-state index contributed by atoms with van der Waals surface area (Å²) in [4.78, 5) is 5.43. The van der Waals surface area contributed by atoms with E-state index in [2.05, 4.69) is 59.6 Å². The first-order valence-electron chi connectivity index (χ1n) is 10.8. The largest absolute Gasteiger partial charge is 0.345 e. The number of hydrogen-bond acceptors (Lipinski definition) is 4. The van der Waals surface area contributed by atoms with Crippen LogP contribution >= 0.6 is 35.8 Å². The van der Waals surface area contributed by atoms with Gasteiger partial charge in [0.15, 0.2) is 5.79 Å². The molecule has 0 spiro atoms. The Morgan fingerprint density at radius 1 is 1.06 bits per heavy atom. The Bertz CT molecular complexity index is 1170. The molecule has 2 heterocycles. The van der Waals surface area contributed by atoms with Crippen LogP contribution in [0.25, 0.3) is 10.8 Å². The maximum Gasteiger partial charge on any atom is 0.187 e. The van der Waals surface area contributed by atoms with E-state index in [0.29, 0.717) is 13.2 Å². The predicted molar refractivity (Wildman–Crippen MR) is 137 cm³/mol. The Labute approximate surface area is 209 Å². The Hall–Kier alpha value is -2.02. The number of nitrogens with zero attached hydrogens (tertiary/aromatic N) is 2. The summed E-state index contributed by atoms with van der Waals surface area (Å²) >= 11 is 7.85. The second-order valence-electron chi connectivity index (χ2n) is 8.14. The highest BCUT2D eigenvalue weighted by atomic mass is 35.5. The number of rotatable bonds is 8. The van der Waals surface area contributed by atoms with E-state index in [9.17, 15) is 0 Å². The Morgan fingerprint density at radius 2 is 1.88 bits per heavy atom. The van der Waals surface area contributed by atoms with Gasteiger partial charge in [-0.25, -0.2) is 4.98 Å². The first-order chi connectivity index (χ1) is 15.7. The maximum atomic E-state index is 6.56. The second kappa shape index (κ2) is 10.9. The number of aryl methyl sites for hydroxylation is 1. The van der Waals surface area contributed by atoms with Crippen molar-refractivity contribution in [2.75, 3.05) is 12.4 Å². The van der Waals surface area contributed by atoms with Crippen LogP contribution in [-0.4, -0.2) is 33.8 Å². The first kappa shape index (κ1) is 24.1. The van der Waals surface area contributed by atoms with Gasteiger partial charge in [0.25, 0.3) is 0 Å². The normalized spacial score (nSPS) is 20.1. The van der Waals surface area contributed by atoms with E-state index >= 15 is 0 Å². The van der Waals surface area contributed by atoms with E-state index in [1.807, 2.05) is 41.0 Å². The number of hydrogen-bond donors (Lipinski definition) is 0. The van der Waals surface area contributed by atoms with E-state index in [-0.39, 0.29) is 18.5 Å². The molecule has 1 fully saturated rings. The standard InChI is InChI=1S/C26H25ClN2O2S.ClH/c27-23-8-5-20(6-9-23)11-12-26(18-29-14-13-28-19-29)30-16-24(31-26)17-32-25-10-7-21-3-1-2-4-22(21)15-25;/h1-10,13-15,19,24H,11-12,16-18H2;1H/t24-,26-;/m0./s1. The van der Waals surface area contributed by atoms with Gasteiger partial charge in [0, 0.05) is 34.5 Å². The molecule has 2 atom stereocenters. The molecule has 0 amide bonds. The lowest BCUT2D eigenvalue weighted by Crippen LogP contribution is -2.37. The van der Waals surface area contributed by atoms with Crippen molar-refractivity contribution in [1.29, 1.82) is 0 Å². The molecule has 0 unspecified atom stereocenters. The molecular weight excluding hydrogens is 475 g/mol. The fraction of sp³-hybridized carbons (Fsp3) is 0.269. The molecular formula is C26H26Cl2N2O2S. The fourth-order valence-electron chi connectivity index (χ4n) is 4.08. The SMILES string of the molecule is Cl.Clc1ccc(CC[C@]2(Cn3ccnc3)OC[C@@H](CSc3ccc4ccccc4c3)O2)cc1. The summed E-state index contributed by atoms with van der Waals surface area (Å²) in [5.41, 5.74) is 1.22. The number of fused-ring (bicyclic) bond motifs is 1. The van der Waals surface area contributed by atoms with Crippen molar-refractivity contribution in [3.05, 3.63) is 96.0 Å². The molecule has 172 valence electrons. The van der Waals surface area contributed by atoms with Crippen molar-refractivity contribution in [2.24, 2.45) is 0 Å². The highest BCUT2D eigenvalue weighted by Gasteiger charge is 2.41. The monoisotopic (exact) mass is 500 g/mol. The van der Waals surface area contributed by atoms with Crippen molar-refractivity contribution in [2.45, 2.75) is 36.2 Å². The van der Waals surface area contributed by atoms with Crippen molar-refractivity contribution in [1.82, 2.24) is 9.55 Å². The third-order valence-electron chi connectivity index (χ3n) is 5.76. The van der Waals surface area contributed by atoms with Crippen LogP contribution < -0.4 is 0 Å². The van der Waals surface area contributed by atoms with E-state index in [1.54, 1.807) is 6.20 Å². The Kier molecular flexibility index (Phi) is 7.99. The van der Waals surface area contributed by atoms with Gasteiger partial charge in [-0.05, 0) is 47.0 Å². The minimum Gasteiger partial charge on any atom is -0.345 e. The summed E-state index contributed by atoms with van der Waals surface area (Å²) in [6.45, 7) is 1.22. The van der Waals surface area contributed by atoms with Crippen molar-refractivity contribution < 1.29 is 9.47 Å². The molecule has 7 heteroatoms. The molecule has 0 saturated carbocycles. The zero-order chi connectivity index (χ0) is 21.8. The Balaban J connectivity index is 0.00000259. The van der Waals surface area contributed by atoms with Crippen molar-refractivity contribution >= 4 is 46.5 Å². The van der Waals surface area contributed by atoms with Gasteiger partial charge >= 0.3 is 0 Å². The molecule has 3 aromatic carbocycles. The van der Waals surface area contributed by atoms with Gasteiger partial charge in [0.1, 0.15) is 0 Å². The van der Waals surface area contributed by atoms with Crippen LogP contribution in [0.2, 0.25) is 5.02 Å². The molecule has 4 aromatic rings. The zero-order valence-electron chi connectivity index (χ0n) is 18.1. The molecule has 1 aliphatic heterocycles. The number of imidazole rings is 1. The van der Waals surface area contributed by atoms with Crippen LogP contribution in [-0.2, 0) is 22.4 Å². The summed E-state index contributed by atoms with van der Waals surface area (Å²) in [6, 6.07) is 23.0. The molecule has 5 rings (SSSR count). The van der Waals surface area contributed by atoms with Crippen LogP contribution in [0.4, 0.5) is 0 Å². The highest BCUT2D eigenvalue weighted by Crippen LogP contribution is 2.34. The third kappa shape index (κ3) is 6.11. The minimum absolute atomic E-state index is 0. The highest BCUT2D eigenvalue weighted by molar-refractivity contribution is 7.99. The molecule has 4 nitrogen and oxygen atoms in total. The average molecular weight is 501 g/mol. The number of ether oxygens (including phenoxy) is 2. The molecule has 1 aromatic heterocycles. The third-order valence-corrected chi connectivity index (χ3v) is 7.14. The molecule has 0 bridgehead atoms. The summed E-state index contributed by atoms with van der Waals surface area (Å²) in [7, 11) is 0. The van der Waals surface area contributed by atoms with Crippen LogP contribution in [0, 0.1) is 0 Å². The number of aromatic nitrogens is 2. The molecule has 0 N–H and O–H groups in total. The lowest BCUT2D eigenvalue weighted by molar-refractivity contribution is -0.180. The van der Waals surface area contributed by atoms with Gasteiger partial charge in [-0.1, -0.05) is 54.1 Å². The van der Waals surface area contributed by atoms with Crippen molar-refractivity contribution in [3.63, 3.8) is 0 Å². The molecule has 0 aliphatic carbocycles. The smallest absolute Gasteiger partial charge is 0.187 e. The molecule has 33 heavy (non-hydrogen) atoms. The van der Waals surface area contributed by atoms with E-state index in [1.165, 1.54) is 21.2 Å².